The first-order valence-corrected chi connectivity index (χ1v) is 11.3. The van der Waals surface area contributed by atoms with Gasteiger partial charge in [0.15, 0.2) is 0 Å². The molecule has 0 N–H and O–H groups in total. The Morgan fingerprint density at radius 2 is 1.91 bits per heavy atom. The fraction of sp³-hybridized carbons (Fsp3) is 0.115. The summed E-state index contributed by atoms with van der Waals surface area (Å²) in [6.07, 6.45) is 4.57. The summed E-state index contributed by atoms with van der Waals surface area (Å²) >= 11 is 1.57. The van der Waals surface area contributed by atoms with Gasteiger partial charge >= 0.3 is 0 Å². The van der Waals surface area contributed by atoms with Gasteiger partial charge in [-0.25, -0.2) is 13.8 Å². The number of ether oxygens (including phenoxy) is 1. The number of amides is 1. The Balaban J connectivity index is 1.47. The Bertz CT molecular complexity index is 1290. The number of aromatic nitrogens is 2. The standard InChI is InChI=1S/C26H21F2N3O2S/c1-18-30-22(17-34-18)16-33-23-9-5-19(6-10-23)7-12-26(32)31(15-21-4-2-3-13-29-21)25-11-8-20(27)14-24(25)28/h2-14,17H,15-16H2,1H3/b12-7+. The smallest absolute Gasteiger partial charge is 0.251 e. The van der Waals surface area contributed by atoms with Gasteiger partial charge in [0, 0.05) is 23.7 Å². The molecule has 8 heteroatoms. The lowest BCUT2D eigenvalue weighted by molar-refractivity contribution is -0.114. The minimum atomic E-state index is -0.825. The molecule has 0 bridgehead atoms. The summed E-state index contributed by atoms with van der Waals surface area (Å²) in [6, 6.07) is 15.6. The van der Waals surface area contributed by atoms with Crippen molar-refractivity contribution >= 4 is 29.0 Å². The number of rotatable bonds is 8. The number of nitrogens with zero attached hydrogens (tertiary/aromatic N) is 3. The largest absolute Gasteiger partial charge is 0.487 e. The van der Waals surface area contributed by atoms with Gasteiger partial charge in [-0.3, -0.25) is 14.7 Å². The van der Waals surface area contributed by atoms with Crippen LogP contribution < -0.4 is 9.64 Å². The number of carbonyl (C=O) groups excluding carboxylic acids is 1. The van der Waals surface area contributed by atoms with Gasteiger partial charge in [0.1, 0.15) is 24.0 Å². The predicted molar refractivity (Wildman–Crippen MR) is 128 cm³/mol. The number of hydrogen-bond acceptors (Lipinski definition) is 5. The van der Waals surface area contributed by atoms with Crippen molar-refractivity contribution < 1.29 is 18.3 Å². The van der Waals surface area contributed by atoms with Crippen molar-refractivity contribution in [3.63, 3.8) is 0 Å². The molecule has 2 aromatic heterocycles. The molecule has 0 fully saturated rings. The topological polar surface area (TPSA) is 55.3 Å². The van der Waals surface area contributed by atoms with Gasteiger partial charge in [0.05, 0.1) is 28.6 Å². The number of halogens is 2. The minimum absolute atomic E-state index is 0.0253. The van der Waals surface area contributed by atoms with Crippen LogP contribution in [0.15, 0.2) is 78.3 Å². The van der Waals surface area contributed by atoms with Crippen LogP contribution >= 0.6 is 11.3 Å². The highest BCUT2D eigenvalue weighted by molar-refractivity contribution is 7.09. The highest BCUT2D eigenvalue weighted by Gasteiger charge is 2.19. The van der Waals surface area contributed by atoms with Crippen molar-refractivity contribution in [1.29, 1.82) is 0 Å². The second-order valence-electron chi connectivity index (χ2n) is 7.39. The first kappa shape index (κ1) is 23.3. The molecule has 4 aromatic rings. The van der Waals surface area contributed by atoms with Gasteiger partial charge < -0.3 is 4.74 Å². The van der Waals surface area contributed by atoms with E-state index in [0.29, 0.717) is 18.1 Å². The zero-order valence-electron chi connectivity index (χ0n) is 18.3. The van der Waals surface area contributed by atoms with Crippen molar-refractivity contribution in [3.05, 3.63) is 112 Å². The molecule has 5 nitrogen and oxygen atoms in total. The Morgan fingerprint density at radius 3 is 2.59 bits per heavy atom. The summed E-state index contributed by atoms with van der Waals surface area (Å²) in [5.41, 5.74) is 2.19. The molecule has 0 radical (unpaired) electrons. The monoisotopic (exact) mass is 477 g/mol. The predicted octanol–water partition coefficient (Wildman–Crippen LogP) is 5.95. The summed E-state index contributed by atoms with van der Waals surface area (Å²) in [6.45, 7) is 2.36. The van der Waals surface area contributed by atoms with Crippen molar-refractivity contribution in [2.75, 3.05) is 4.90 Å². The van der Waals surface area contributed by atoms with E-state index in [1.807, 2.05) is 24.4 Å². The molecule has 0 spiro atoms. The molecule has 0 aliphatic carbocycles. The third-order valence-electron chi connectivity index (χ3n) is 4.86. The number of pyridine rings is 1. The maximum Gasteiger partial charge on any atom is 0.251 e. The number of hydrogen-bond donors (Lipinski definition) is 0. The highest BCUT2D eigenvalue weighted by Crippen LogP contribution is 2.23. The quantitative estimate of drug-likeness (QED) is 0.294. The maximum atomic E-state index is 14.5. The molecule has 172 valence electrons. The molecule has 2 aromatic carbocycles. The van der Waals surface area contributed by atoms with Gasteiger partial charge in [-0.2, -0.15) is 0 Å². The Hall–Kier alpha value is -3.91. The molecule has 0 atom stereocenters. The SMILES string of the molecule is Cc1nc(COc2ccc(/C=C/C(=O)N(Cc3ccccn3)c3ccc(F)cc3F)cc2)cs1. The Labute approximate surface area is 200 Å². The normalized spacial score (nSPS) is 11.0. The minimum Gasteiger partial charge on any atom is -0.487 e. The van der Waals surface area contributed by atoms with Crippen LogP contribution in [-0.2, 0) is 17.9 Å². The van der Waals surface area contributed by atoms with Crippen LogP contribution in [0.25, 0.3) is 6.08 Å². The molecular formula is C26H21F2N3O2S. The summed E-state index contributed by atoms with van der Waals surface area (Å²) in [4.78, 5) is 22.8. The molecule has 4 rings (SSSR count). The van der Waals surface area contributed by atoms with Gasteiger partial charge in [-0.15, -0.1) is 11.3 Å². The molecule has 0 unspecified atom stereocenters. The van der Waals surface area contributed by atoms with E-state index in [4.69, 9.17) is 4.74 Å². The van der Waals surface area contributed by atoms with Crippen LogP contribution in [0.2, 0.25) is 0 Å². The second kappa shape index (κ2) is 10.8. The van der Waals surface area contributed by atoms with Gasteiger partial charge in [-0.1, -0.05) is 18.2 Å². The van der Waals surface area contributed by atoms with Crippen molar-refractivity contribution in [2.24, 2.45) is 0 Å². The highest BCUT2D eigenvalue weighted by atomic mass is 32.1. The van der Waals surface area contributed by atoms with E-state index in [1.165, 1.54) is 17.0 Å². The summed E-state index contributed by atoms with van der Waals surface area (Å²) in [5.74, 6) is -1.32. The summed E-state index contributed by atoms with van der Waals surface area (Å²) < 4.78 is 33.6. The fourth-order valence-electron chi connectivity index (χ4n) is 3.20. The first-order chi connectivity index (χ1) is 16.5. The number of anilines is 1. The lowest BCUT2D eigenvalue weighted by atomic mass is 10.2. The second-order valence-corrected chi connectivity index (χ2v) is 8.45. The molecular weight excluding hydrogens is 456 g/mol. The van der Waals surface area contributed by atoms with Crippen LogP contribution in [0.5, 0.6) is 5.75 Å². The van der Waals surface area contributed by atoms with Crippen molar-refractivity contribution in [3.8, 4) is 5.75 Å². The molecule has 0 saturated carbocycles. The molecule has 0 saturated heterocycles. The van der Waals surface area contributed by atoms with Crippen LogP contribution in [-0.4, -0.2) is 15.9 Å². The molecule has 0 aliphatic rings. The summed E-state index contributed by atoms with van der Waals surface area (Å²) in [7, 11) is 0. The zero-order valence-corrected chi connectivity index (χ0v) is 19.1. The van der Waals surface area contributed by atoms with E-state index in [1.54, 1.807) is 53.9 Å². The lowest BCUT2D eigenvalue weighted by Crippen LogP contribution is -2.30. The number of carbonyl (C=O) groups is 1. The average Bonchev–Trinajstić information content (AvgIpc) is 3.26. The van der Waals surface area contributed by atoms with Gasteiger partial charge in [-0.05, 0) is 55.0 Å². The first-order valence-electron chi connectivity index (χ1n) is 10.5. The third-order valence-corrected chi connectivity index (χ3v) is 5.69. The number of benzene rings is 2. The number of aryl methyl sites for hydroxylation is 1. The Kier molecular flexibility index (Phi) is 7.39. The van der Waals surface area contributed by atoms with Gasteiger partial charge in [0.2, 0.25) is 0 Å². The fourth-order valence-corrected chi connectivity index (χ4v) is 3.80. The average molecular weight is 478 g/mol. The van der Waals surface area contributed by atoms with E-state index < -0.39 is 17.5 Å². The maximum absolute atomic E-state index is 14.5. The van der Waals surface area contributed by atoms with Crippen LogP contribution in [0.3, 0.4) is 0 Å². The lowest BCUT2D eigenvalue weighted by Gasteiger charge is -2.21. The van der Waals surface area contributed by atoms with Crippen LogP contribution in [0.1, 0.15) is 22.0 Å². The zero-order chi connectivity index (χ0) is 23.9. The van der Waals surface area contributed by atoms with E-state index >= 15 is 0 Å². The van der Waals surface area contributed by atoms with E-state index in [-0.39, 0.29) is 12.2 Å². The molecule has 2 heterocycles. The van der Waals surface area contributed by atoms with Crippen molar-refractivity contribution in [1.82, 2.24) is 9.97 Å². The van der Waals surface area contributed by atoms with E-state index in [0.717, 1.165) is 28.4 Å². The van der Waals surface area contributed by atoms with E-state index in [9.17, 15) is 13.6 Å². The molecule has 0 aliphatic heterocycles. The van der Waals surface area contributed by atoms with Crippen LogP contribution in [0, 0.1) is 18.6 Å². The summed E-state index contributed by atoms with van der Waals surface area (Å²) in [5, 5.41) is 2.94. The number of thiazole rings is 1. The van der Waals surface area contributed by atoms with Gasteiger partial charge in [0.25, 0.3) is 5.91 Å². The van der Waals surface area contributed by atoms with E-state index in [2.05, 4.69) is 9.97 Å². The third kappa shape index (κ3) is 6.11. The van der Waals surface area contributed by atoms with Crippen LogP contribution in [0.4, 0.5) is 14.5 Å². The molecule has 1 amide bonds. The van der Waals surface area contributed by atoms with Crippen molar-refractivity contribution in [2.45, 2.75) is 20.1 Å². The molecule has 34 heavy (non-hydrogen) atoms. The Morgan fingerprint density at radius 1 is 1.09 bits per heavy atom.